The number of hydrogen-bond acceptors (Lipinski definition) is 3. The van der Waals surface area contributed by atoms with Gasteiger partial charge < -0.3 is 4.79 Å². The molecule has 0 aliphatic heterocycles. The first-order valence-electron chi connectivity index (χ1n) is 5.80. The van der Waals surface area contributed by atoms with E-state index < -0.39 is 5.78 Å². The van der Waals surface area contributed by atoms with Gasteiger partial charge in [0.25, 0.3) is 0 Å². The summed E-state index contributed by atoms with van der Waals surface area (Å²) in [6.45, 7) is 0. The number of ketones is 1. The summed E-state index contributed by atoms with van der Waals surface area (Å²) in [4.78, 5) is 30.6. The summed E-state index contributed by atoms with van der Waals surface area (Å²) in [6, 6.07) is 18.1. The second-order valence-corrected chi connectivity index (χ2v) is 3.70. The lowest BCUT2D eigenvalue weighted by molar-refractivity contribution is -0.107. The second kappa shape index (κ2) is 8.53. The number of rotatable bonds is 4. The van der Waals surface area contributed by atoms with Crippen LogP contribution in [0.1, 0.15) is 15.9 Å². The van der Waals surface area contributed by atoms with Crippen LogP contribution in [0.25, 0.3) is 0 Å². The lowest BCUT2D eigenvalue weighted by atomic mass is 10.1. The van der Waals surface area contributed by atoms with Gasteiger partial charge in [-0.2, -0.15) is 0 Å². The zero-order valence-corrected chi connectivity index (χ0v) is 10.4. The summed E-state index contributed by atoms with van der Waals surface area (Å²) in [5.41, 5.74) is 1.52. The van der Waals surface area contributed by atoms with Crippen molar-refractivity contribution in [1.82, 2.24) is 0 Å². The number of Topliss-reactive ketones (excluding diaryl/α,β-unsaturated/α-hetero) is 1. The van der Waals surface area contributed by atoms with E-state index in [1.165, 1.54) is 0 Å². The molecule has 0 aliphatic rings. The van der Waals surface area contributed by atoms with Crippen molar-refractivity contribution in [2.45, 2.75) is 6.42 Å². The van der Waals surface area contributed by atoms with Crippen molar-refractivity contribution >= 4 is 18.4 Å². The average Bonchev–Trinajstić information content (AvgIpc) is 2.49. The molecule has 19 heavy (non-hydrogen) atoms. The van der Waals surface area contributed by atoms with Gasteiger partial charge in [0.05, 0.1) is 0 Å². The van der Waals surface area contributed by atoms with Gasteiger partial charge in [0.15, 0.2) is 6.29 Å². The predicted octanol–water partition coefficient (Wildman–Crippen LogP) is 2.50. The summed E-state index contributed by atoms with van der Waals surface area (Å²) in [6.07, 6.45) is 1.76. The van der Waals surface area contributed by atoms with Crippen LogP contribution in [0, 0.1) is 0 Å². The summed E-state index contributed by atoms with van der Waals surface area (Å²) >= 11 is 0. The third-order valence-electron chi connectivity index (χ3n) is 2.33. The monoisotopic (exact) mass is 254 g/mol. The minimum absolute atomic E-state index is 0.315. The van der Waals surface area contributed by atoms with Crippen LogP contribution >= 0.6 is 0 Å². The molecule has 0 radical (unpaired) electrons. The number of benzene rings is 2. The van der Waals surface area contributed by atoms with Crippen LogP contribution in [-0.4, -0.2) is 18.4 Å². The van der Waals surface area contributed by atoms with Gasteiger partial charge in [-0.1, -0.05) is 60.7 Å². The van der Waals surface area contributed by atoms with Crippen LogP contribution in [0.15, 0.2) is 60.7 Å². The molecule has 0 aromatic heterocycles. The molecule has 0 aliphatic carbocycles. The minimum atomic E-state index is -0.472. The molecule has 0 saturated carbocycles. The molecule has 0 fully saturated rings. The Bertz CT molecular complexity index is 518. The molecule has 2 rings (SSSR count). The first kappa shape index (κ1) is 14.5. The number of carbonyl (C=O) groups is 3. The molecule has 3 nitrogen and oxygen atoms in total. The molecule has 96 valence electrons. The molecule has 0 saturated heterocycles. The summed E-state index contributed by atoms with van der Waals surface area (Å²) in [5.74, 6) is -0.472. The fourth-order valence-electron chi connectivity index (χ4n) is 1.38. The van der Waals surface area contributed by atoms with Crippen molar-refractivity contribution in [1.29, 1.82) is 0 Å². The summed E-state index contributed by atoms with van der Waals surface area (Å²) in [5, 5.41) is 0. The number of aldehydes is 2. The van der Waals surface area contributed by atoms with Crippen LogP contribution < -0.4 is 0 Å². The van der Waals surface area contributed by atoms with E-state index in [0.29, 0.717) is 18.3 Å². The Morgan fingerprint density at radius 1 is 0.842 bits per heavy atom. The molecule has 0 N–H and O–H groups in total. The summed E-state index contributed by atoms with van der Waals surface area (Å²) < 4.78 is 0. The Morgan fingerprint density at radius 3 is 1.84 bits per heavy atom. The van der Waals surface area contributed by atoms with Crippen molar-refractivity contribution in [3.8, 4) is 0 Å². The fraction of sp³-hybridized carbons (Fsp3) is 0.0625. The van der Waals surface area contributed by atoms with Gasteiger partial charge in [-0.3, -0.25) is 9.59 Å². The molecule has 0 amide bonds. The first-order valence-corrected chi connectivity index (χ1v) is 5.80. The lowest BCUT2D eigenvalue weighted by Crippen LogP contribution is -1.97. The molecular formula is C16H14O3. The maximum Gasteiger partial charge on any atom is 0.225 e. The molecule has 0 spiro atoms. The van der Waals surface area contributed by atoms with Crippen LogP contribution in [0.3, 0.4) is 0 Å². The smallest absolute Gasteiger partial charge is 0.225 e. The molecule has 0 heterocycles. The first-order chi connectivity index (χ1) is 9.27. The molecule has 0 bridgehead atoms. The van der Waals surface area contributed by atoms with Crippen molar-refractivity contribution < 1.29 is 14.4 Å². The van der Waals surface area contributed by atoms with E-state index in [1.807, 2.05) is 30.3 Å². The molecule has 2 aromatic carbocycles. The second-order valence-electron chi connectivity index (χ2n) is 3.70. The van der Waals surface area contributed by atoms with Gasteiger partial charge in [0.1, 0.15) is 6.29 Å². The van der Waals surface area contributed by atoms with Crippen molar-refractivity contribution in [3.05, 3.63) is 71.8 Å². The molecule has 3 heteroatoms. The average molecular weight is 254 g/mol. The Morgan fingerprint density at radius 2 is 1.37 bits per heavy atom. The topological polar surface area (TPSA) is 51.2 Å². The maximum atomic E-state index is 10.6. The molecule has 0 atom stereocenters. The van der Waals surface area contributed by atoms with Gasteiger partial charge in [-0.05, 0) is 5.56 Å². The molecular weight excluding hydrogens is 240 g/mol. The predicted molar refractivity (Wildman–Crippen MR) is 73.0 cm³/mol. The van der Waals surface area contributed by atoms with Gasteiger partial charge in [0, 0.05) is 12.0 Å². The van der Waals surface area contributed by atoms with Gasteiger partial charge in [0.2, 0.25) is 5.78 Å². The zero-order valence-electron chi connectivity index (χ0n) is 10.4. The van der Waals surface area contributed by atoms with E-state index in [0.717, 1.165) is 11.8 Å². The van der Waals surface area contributed by atoms with Crippen LogP contribution in [0.4, 0.5) is 0 Å². The highest BCUT2D eigenvalue weighted by Gasteiger charge is 1.99. The number of carbonyl (C=O) groups excluding carboxylic acids is 3. The van der Waals surface area contributed by atoms with Gasteiger partial charge in [-0.25, -0.2) is 0 Å². The van der Waals surface area contributed by atoms with Gasteiger partial charge in [-0.15, -0.1) is 0 Å². The minimum Gasteiger partial charge on any atom is -0.303 e. The SMILES string of the molecule is O=CC(=O)c1ccccc1.O=CCc1ccccc1. The third-order valence-corrected chi connectivity index (χ3v) is 2.33. The zero-order chi connectivity index (χ0) is 13.9. The Labute approximate surface area is 111 Å². The van der Waals surface area contributed by atoms with E-state index in [-0.39, 0.29) is 0 Å². The van der Waals surface area contributed by atoms with Crippen LogP contribution in [-0.2, 0) is 16.0 Å². The summed E-state index contributed by atoms with van der Waals surface area (Å²) in [7, 11) is 0. The Kier molecular flexibility index (Phi) is 6.51. The van der Waals surface area contributed by atoms with E-state index in [4.69, 9.17) is 0 Å². The lowest BCUT2D eigenvalue weighted by Gasteiger charge is -1.89. The standard InChI is InChI=1S/C8H6O2.C8H8O/c9-6-8(10)7-4-2-1-3-5-7;9-7-6-8-4-2-1-3-5-8/h1-6H;1-5,7H,6H2. The fourth-order valence-corrected chi connectivity index (χ4v) is 1.38. The van der Waals surface area contributed by atoms with E-state index >= 15 is 0 Å². The highest BCUT2D eigenvalue weighted by Crippen LogP contribution is 1.97. The molecule has 0 unspecified atom stereocenters. The van der Waals surface area contributed by atoms with E-state index in [1.54, 1.807) is 30.3 Å². The maximum absolute atomic E-state index is 10.6. The van der Waals surface area contributed by atoms with E-state index in [9.17, 15) is 14.4 Å². The quantitative estimate of drug-likeness (QED) is 0.478. The highest BCUT2D eigenvalue weighted by molar-refractivity contribution is 6.33. The highest BCUT2D eigenvalue weighted by atomic mass is 16.2. The molecule has 2 aromatic rings. The van der Waals surface area contributed by atoms with Crippen LogP contribution in [0.2, 0.25) is 0 Å². The third kappa shape index (κ3) is 5.55. The van der Waals surface area contributed by atoms with Gasteiger partial charge >= 0.3 is 0 Å². The Balaban J connectivity index is 0.000000191. The van der Waals surface area contributed by atoms with Crippen molar-refractivity contribution in [2.24, 2.45) is 0 Å². The van der Waals surface area contributed by atoms with Crippen LogP contribution in [0.5, 0.6) is 0 Å². The largest absolute Gasteiger partial charge is 0.303 e. The Hall–Kier alpha value is -2.55. The van der Waals surface area contributed by atoms with Crippen molar-refractivity contribution in [2.75, 3.05) is 0 Å². The number of hydrogen-bond donors (Lipinski definition) is 0. The van der Waals surface area contributed by atoms with Crippen molar-refractivity contribution in [3.63, 3.8) is 0 Å². The van der Waals surface area contributed by atoms with E-state index in [2.05, 4.69) is 0 Å². The normalized spacial score (nSPS) is 8.84.